The van der Waals surface area contributed by atoms with Crippen molar-refractivity contribution in [3.8, 4) is 11.3 Å². The number of nitrogens with zero attached hydrogens (tertiary/aromatic N) is 4. The van der Waals surface area contributed by atoms with Gasteiger partial charge in [0.15, 0.2) is 0 Å². The van der Waals surface area contributed by atoms with Gasteiger partial charge >= 0.3 is 0 Å². The van der Waals surface area contributed by atoms with Crippen molar-refractivity contribution in [3.63, 3.8) is 0 Å². The van der Waals surface area contributed by atoms with E-state index in [1.807, 2.05) is 71.6 Å². The highest BCUT2D eigenvalue weighted by Crippen LogP contribution is 2.28. The van der Waals surface area contributed by atoms with E-state index in [0.717, 1.165) is 28.2 Å². The number of amides is 1. The van der Waals surface area contributed by atoms with Crippen molar-refractivity contribution in [3.05, 3.63) is 114 Å². The predicted octanol–water partition coefficient (Wildman–Crippen LogP) is 4.76. The first kappa shape index (κ1) is 21.8. The molecule has 4 aromatic rings. The molecule has 0 radical (unpaired) electrons. The van der Waals surface area contributed by atoms with E-state index in [-0.39, 0.29) is 17.6 Å². The van der Waals surface area contributed by atoms with E-state index in [9.17, 15) is 9.18 Å². The van der Waals surface area contributed by atoms with Crippen LogP contribution in [-0.4, -0.2) is 47.0 Å². The maximum absolute atomic E-state index is 13.7. The maximum Gasteiger partial charge on any atom is 0.234 e. The average Bonchev–Trinajstić information content (AvgIpc) is 2.91. The van der Waals surface area contributed by atoms with Gasteiger partial charge in [0.2, 0.25) is 5.91 Å². The number of carbonyl (C=O) groups excluding carboxylic acids is 1. The molecule has 170 valence electrons. The van der Waals surface area contributed by atoms with E-state index >= 15 is 0 Å². The summed E-state index contributed by atoms with van der Waals surface area (Å²) in [5, 5.41) is 0. The van der Waals surface area contributed by atoms with E-state index in [1.54, 1.807) is 12.1 Å². The second kappa shape index (κ2) is 9.83. The zero-order valence-electron chi connectivity index (χ0n) is 18.7. The molecule has 1 aliphatic heterocycles. The number of aromatic nitrogens is 2. The minimum Gasteiger partial charge on any atom is -0.353 e. The zero-order valence-corrected chi connectivity index (χ0v) is 18.7. The van der Waals surface area contributed by atoms with Crippen LogP contribution in [0.5, 0.6) is 0 Å². The Morgan fingerprint density at radius 1 is 0.765 bits per heavy atom. The third kappa shape index (κ3) is 4.66. The van der Waals surface area contributed by atoms with Gasteiger partial charge in [-0.05, 0) is 35.4 Å². The fraction of sp³-hybridized carbons (Fsp3) is 0.179. The summed E-state index contributed by atoms with van der Waals surface area (Å²) >= 11 is 0. The Labute approximate surface area is 198 Å². The Hall–Kier alpha value is -4.06. The molecular formula is C28H25FN4O. The number of hydrogen-bond donors (Lipinski definition) is 0. The lowest BCUT2D eigenvalue weighted by Gasteiger charge is -2.37. The van der Waals surface area contributed by atoms with Crippen molar-refractivity contribution in [2.45, 2.75) is 5.92 Å². The first-order valence-electron chi connectivity index (χ1n) is 11.4. The minimum atomic E-state index is -0.321. The molecule has 5 rings (SSSR count). The van der Waals surface area contributed by atoms with Crippen LogP contribution in [0.2, 0.25) is 0 Å². The molecule has 0 N–H and O–H groups in total. The highest BCUT2D eigenvalue weighted by molar-refractivity contribution is 5.87. The summed E-state index contributed by atoms with van der Waals surface area (Å²) in [7, 11) is 0. The molecule has 1 fully saturated rings. The standard InChI is InChI=1S/C28H25FN4O/c29-24-13-11-21(12-14-24)25-19-26(31-20-30-25)32-15-17-33(18-16-32)28(34)27(22-7-3-1-4-8-22)23-9-5-2-6-10-23/h1-14,19-20,27H,15-18H2. The summed E-state index contributed by atoms with van der Waals surface area (Å²) in [5.41, 5.74) is 3.59. The zero-order chi connectivity index (χ0) is 23.3. The van der Waals surface area contributed by atoms with Crippen molar-refractivity contribution in [2.75, 3.05) is 31.1 Å². The normalized spacial score (nSPS) is 13.8. The van der Waals surface area contributed by atoms with Crippen LogP contribution in [-0.2, 0) is 4.79 Å². The molecule has 0 saturated carbocycles. The monoisotopic (exact) mass is 452 g/mol. The summed E-state index contributed by atoms with van der Waals surface area (Å²) in [6.45, 7) is 2.60. The lowest BCUT2D eigenvalue weighted by atomic mass is 9.90. The number of piperazine rings is 1. The number of carbonyl (C=O) groups is 1. The summed E-state index contributed by atoms with van der Waals surface area (Å²) in [6.07, 6.45) is 1.53. The lowest BCUT2D eigenvalue weighted by molar-refractivity contribution is -0.132. The maximum atomic E-state index is 13.7. The molecule has 1 amide bonds. The highest BCUT2D eigenvalue weighted by atomic mass is 19.1. The van der Waals surface area contributed by atoms with Gasteiger partial charge in [-0.1, -0.05) is 60.7 Å². The molecule has 1 aromatic heterocycles. The Kier molecular flexibility index (Phi) is 6.29. The summed E-state index contributed by atoms with van der Waals surface area (Å²) in [5.74, 6) is 0.331. The Balaban J connectivity index is 1.31. The molecule has 6 heteroatoms. The Morgan fingerprint density at radius 3 is 1.94 bits per heavy atom. The highest BCUT2D eigenvalue weighted by Gasteiger charge is 2.30. The summed E-state index contributed by atoms with van der Waals surface area (Å²) < 4.78 is 13.3. The average molecular weight is 453 g/mol. The number of rotatable bonds is 5. The van der Waals surface area contributed by atoms with Crippen molar-refractivity contribution in [1.29, 1.82) is 0 Å². The first-order chi connectivity index (χ1) is 16.7. The van der Waals surface area contributed by atoms with Gasteiger partial charge in [0.25, 0.3) is 0 Å². The van der Waals surface area contributed by atoms with Gasteiger partial charge in [-0.25, -0.2) is 14.4 Å². The van der Waals surface area contributed by atoms with Crippen molar-refractivity contribution >= 4 is 11.7 Å². The molecule has 0 atom stereocenters. The van der Waals surface area contributed by atoms with E-state index in [1.165, 1.54) is 18.5 Å². The Morgan fingerprint density at radius 2 is 1.35 bits per heavy atom. The molecule has 5 nitrogen and oxygen atoms in total. The van der Waals surface area contributed by atoms with Crippen LogP contribution in [0, 0.1) is 5.82 Å². The van der Waals surface area contributed by atoms with E-state index in [4.69, 9.17) is 0 Å². The minimum absolute atomic E-state index is 0.117. The lowest BCUT2D eigenvalue weighted by Crippen LogP contribution is -2.50. The van der Waals surface area contributed by atoms with Gasteiger partial charge in [-0.3, -0.25) is 4.79 Å². The molecule has 0 spiro atoms. The molecule has 1 saturated heterocycles. The third-order valence-corrected chi connectivity index (χ3v) is 6.22. The van der Waals surface area contributed by atoms with Crippen LogP contribution < -0.4 is 4.90 Å². The van der Waals surface area contributed by atoms with Crippen LogP contribution in [0.1, 0.15) is 17.0 Å². The van der Waals surface area contributed by atoms with Crippen LogP contribution in [0.25, 0.3) is 11.3 Å². The second-order valence-corrected chi connectivity index (χ2v) is 8.34. The van der Waals surface area contributed by atoms with Gasteiger partial charge < -0.3 is 9.80 Å². The topological polar surface area (TPSA) is 49.3 Å². The molecule has 0 bridgehead atoms. The predicted molar refractivity (Wildman–Crippen MR) is 131 cm³/mol. The van der Waals surface area contributed by atoms with Crippen molar-refractivity contribution < 1.29 is 9.18 Å². The number of halogens is 1. The molecule has 0 aliphatic carbocycles. The van der Waals surface area contributed by atoms with Gasteiger partial charge in [0, 0.05) is 37.8 Å². The molecule has 1 aliphatic rings. The van der Waals surface area contributed by atoms with Crippen LogP contribution in [0.3, 0.4) is 0 Å². The molecular weight excluding hydrogens is 427 g/mol. The summed E-state index contributed by atoms with van der Waals surface area (Å²) in [4.78, 5) is 26.6. The van der Waals surface area contributed by atoms with Gasteiger partial charge in [0.1, 0.15) is 18.0 Å². The fourth-order valence-corrected chi connectivity index (χ4v) is 4.41. The Bertz CT molecular complexity index is 1200. The second-order valence-electron chi connectivity index (χ2n) is 8.34. The molecule has 2 heterocycles. The summed E-state index contributed by atoms with van der Waals surface area (Å²) in [6, 6.07) is 28.1. The van der Waals surface area contributed by atoms with Crippen molar-refractivity contribution in [2.24, 2.45) is 0 Å². The largest absolute Gasteiger partial charge is 0.353 e. The van der Waals surface area contributed by atoms with Crippen LogP contribution in [0.15, 0.2) is 97.3 Å². The smallest absolute Gasteiger partial charge is 0.234 e. The molecule has 0 unspecified atom stereocenters. The quantitative estimate of drug-likeness (QED) is 0.438. The van der Waals surface area contributed by atoms with Gasteiger partial charge in [-0.2, -0.15) is 0 Å². The van der Waals surface area contributed by atoms with E-state index in [0.29, 0.717) is 26.2 Å². The molecule has 3 aromatic carbocycles. The van der Waals surface area contributed by atoms with Crippen LogP contribution in [0.4, 0.5) is 10.2 Å². The van der Waals surface area contributed by atoms with Crippen LogP contribution >= 0.6 is 0 Å². The molecule has 34 heavy (non-hydrogen) atoms. The first-order valence-corrected chi connectivity index (χ1v) is 11.4. The van der Waals surface area contributed by atoms with E-state index < -0.39 is 0 Å². The van der Waals surface area contributed by atoms with Gasteiger partial charge in [-0.15, -0.1) is 0 Å². The van der Waals surface area contributed by atoms with Crippen molar-refractivity contribution in [1.82, 2.24) is 14.9 Å². The fourth-order valence-electron chi connectivity index (χ4n) is 4.41. The number of hydrogen-bond acceptors (Lipinski definition) is 4. The van der Waals surface area contributed by atoms with E-state index in [2.05, 4.69) is 14.9 Å². The number of benzene rings is 3. The third-order valence-electron chi connectivity index (χ3n) is 6.22. The SMILES string of the molecule is O=C(C(c1ccccc1)c1ccccc1)N1CCN(c2cc(-c3ccc(F)cc3)ncn2)CC1. The van der Waals surface area contributed by atoms with Gasteiger partial charge in [0.05, 0.1) is 11.6 Å². The number of anilines is 1.